The molecule has 0 aliphatic heterocycles. The molecule has 3 rings (SSSR count). The fourth-order valence-corrected chi connectivity index (χ4v) is 4.33. The molecule has 0 aromatic heterocycles. The third-order valence-corrected chi connectivity index (χ3v) is 6.33. The van der Waals surface area contributed by atoms with Crippen LogP contribution in [0.5, 0.6) is 5.75 Å². The van der Waals surface area contributed by atoms with Crippen LogP contribution in [0.25, 0.3) is 0 Å². The van der Waals surface area contributed by atoms with Crippen molar-refractivity contribution in [2.24, 2.45) is 5.92 Å². The second-order valence-electron chi connectivity index (χ2n) is 10.3. The van der Waals surface area contributed by atoms with E-state index in [4.69, 9.17) is 16.3 Å². The summed E-state index contributed by atoms with van der Waals surface area (Å²) in [4.78, 5) is 41.4. The van der Waals surface area contributed by atoms with Crippen molar-refractivity contribution in [1.29, 1.82) is 0 Å². The number of hydrogen-bond donors (Lipinski definition) is 3. The van der Waals surface area contributed by atoms with Crippen molar-refractivity contribution in [3.8, 4) is 5.75 Å². The first kappa shape index (κ1) is 27.3. The lowest BCUT2D eigenvalue weighted by molar-refractivity contribution is -0.141. The topological polar surface area (TPSA) is 108 Å². The lowest BCUT2D eigenvalue weighted by Crippen LogP contribution is -2.52. The van der Waals surface area contributed by atoms with Crippen molar-refractivity contribution >= 4 is 35.2 Å². The quantitative estimate of drug-likeness (QED) is 0.470. The molecule has 8 nitrogen and oxygen atoms in total. The number of carbonyl (C=O) groups is 3. The van der Waals surface area contributed by atoms with Crippen LogP contribution in [0, 0.1) is 12.8 Å². The van der Waals surface area contributed by atoms with Crippen molar-refractivity contribution in [2.45, 2.75) is 71.7 Å². The minimum absolute atomic E-state index is 0.118. The summed E-state index contributed by atoms with van der Waals surface area (Å²) in [6.45, 7) is 10.5. The van der Waals surface area contributed by atoms with E-state index in [2.05, 4.69) is 10.6 Å². The summed E-state index contributed by atoms with van der Waals surface area (Å²) in [5, 5.41) is 16.5. The van der Waals surface area contributed by atoms with Gasteiger partial charge in [0.25, 0.3) is 5.91 Å². The molecule has 194 valence electrons. The Hall–Kier alpha value is -3.26. The molecule has 0 spiro atoms. The predicted octanol–water partition coefficient (Wildman–Crippen LogP) is 5.18. The summed E-state index contributed by atoms with van der Waals surface area (Å²) in [6, 6.07) is 9.29. The number of aromatic hydroxyl groups is 1. The van der Waals surface area contributed by atoms with Crippen LogP contribution >= 0.6 is 11.6 Å². The van der Waals surface area contributed by atoms with Gasteiger partial charge in [-0.25, -0.2) is 4.79 Å². The highest BCUT2D eigenvalue weighted by Gasteiger charge is 2.48. The third-order valence-electron chi connectivity index (χ3n) is 6.01. The van der Waals surface area contributed by atoms with E-state index >= 15 is 0 Å². The van der Waals surface area contributed by atoms with E-state index in [1.54, 1.807) is 58.0 Å². The number of nitrogens with one attached hydrogen (secondary N) is 2. The van der Waals surface area contributed by atoms with E-state index in [9.17, 15) is 19.5 Å². The number of phenols is 1. The number of aryl methyl sites for hydroxylation is 1. The first-order chi connectivity index (χ1) is 16.8. The van der Waals surface area contributed by atoms with Gasteiger partial charge in [-0.2, -0.15) is 0 Å². The number of nitrogens with zero attached hydrogens (tertiary/aromatic N) is 1. The summed E-state index contributed by atoms with van der Waals surface area (Å²) in [7, 11) is 0. The highest BCUT2D eigenvalue weighted by atomic mass is 35.5. The van der Waals surface area contributed by atoms with Crippen LogP contribution in [-0.4, -0.2) is 45.6 Å². The number of carbonyl (C=O) groups excluding carboxylic acids is 3. The molecule has 9 heteroatoms. The van der Waals surface area contributed by atoms with Crippen LogP contribution in [-0.2, 0) is 14.3 Å². The van der Waals surface area contributed by atoms with Gasteiger partial charge in [0.1, 0.15) is 23.4 Å². The van der Waals surface area contributed by atoms with Crippen LogP contribution in [0.3, 0.4) is 0 Å². The molecular weight excluding hydrogens is 482 g/mol. The zero-order valence-corrected chi connectivity index (χ0v) is 22.2. The number of rotatable bonds is 7. The number of benzene rings is 2. The van der Waals surface area contributed by atoms with Gasteiger partial charge in [0, 0.05) is 11.6 Å². The zero-order chi connectivity index (χ0) is 26.8. The molecule has 1 aliphatic carbocycles. The molecule has 2 aromatic carbocycles. The number of halogens is 1. The van der Waals surface area contributed by atoms with Crippen molar-refractivity contribution in [1.82, 2.24) is 10.2 Å². The second-order valence-corrected chi connectivity index (χ2v) is 10.7. The van der Waals surface area contributed by atoms with E-state index < -0.39 is 35.6 Å². The first-order valence-electron chi connectivity index (χ1n) is 12.0. The van der Waals surface area contributed by atoms with Gasteiger partial charge in [-0.05, 0) is 64.7 Å². The summed E-state index contributed by atoms with van der Waals surface area (Å²) < 4.78 is 5.30. The Labute approximate surface area is 217 Å². The molecule has 1 aliphatic rings. The minimum Gasteiger partial charge on any atom is -0.508 e. The molecule has 4 atom stereocenters. The van der Waals surface area contributed by atoms with Crippen molar-refractivity contribution < 1.29 is 24.2 Å². The van der Waals surface area contributed by atoms with Gasteiger partial charge in [-0.3, -0.25) is 9.59 Å². The highest BCUT2D eigenvalue weighted by Crippen LogP contribution is 2.42. The Morgan fingerprint density at radius 2 is 1.78 bits per heavy atom. The molecule has 0 radical (unpaired) electrons. The SMILES string of the molecule is Cc1cccc(Cl)c1NC(=O)C(c1ccccc1O)N(C(=O)C(C)NC(=O)OC(C)(C)C)C1CC1C. The Balaban J connectivity index is 1.99. The van der Waals surface area contributed by atoms with Crippen molar-refractivity contribution in [3.05, 3.63) is 58.6 Å². The molecule has 36 heavy (non-hydrogen) atoms. The average Bonchev–Trinajstić information content (AvgIpc) is 3.49. The van der Waals surface area contributed by atoms with Crippen LogP contribution in [0.15, 0.2) is 42.5 Å². The number of ether oxygens (including phenoxy) is 1. The maximum absolute atomic E-state index is 13.8. The fourth-order valence-electron chi connectivity index (χ4n) is 4.06. The summed E-state index contributed by atoms with van der Waals surface area (Å²) >= 11 is 6.35. The van der Waals surface area contributed by atoms with Crippen molar-refractivity contribution in [3.63, 3.8) is 0 Å². The number of alkyl carbamates (subject to hydrolysis) is 1. The second kappa shape index (κ2) is 10.8. The monoisotopic (exact) mass is 515 g/mol. The standard InChI is InChI=1S/C27H34ClN3O5/c1-15-10-9-12-19(28)22(15)30-24(33)23(18-11-7-8-13-21(18)32)31(20-14-16(20)2)25(34)17(3)29-26(35)36-27(4,5)6/h7-13,16-17,20,23,32H,14H2,1-6H3,(H,29,35)(H,30,33). The fraction of sp³-hybridized carbons (Fsp3) is 0.444. The van der Waals surface area contributed by atoms with Gasteiger partial charge >= 0.3 is 6.09 Å². The molecule has 0 heterocycles. The number of amides is 3. The molecular formula is C27H34ClN3O5. The maximum atomic E-state index is 13.8. The molecule has 0 saturated heterocycles. The summed E-state index contributed by atoms with van der Waals surface area (Å²) in [5.74, 6) is -0.961. The Bertz CT molecular complexity index is 1130. The zero-order valence-electron chi connectivity index (χ0n) is 21.5. The highest BCUT2D eigenvalue weighted by molar-refractivity contribution is 6.34. The van der Waals surface area contributed by atoms with E-state index in [1.165, 1.54) is 11.0 Å². The van der Waals surface area contributed by atoms with Gasteiger partial charge in [0.2, 0.25) is 5.91 Å². The molecule has 0 bridgehead atoms. The van der Waals surface area contributed by atoms with E-state index in [-0.39, 0.29) is 23.3 Å². The number of phenolic OH excluding ortho intramolecular Hbond substituents is 1. The molecule has 1 fully saturated rings. The lowest BCUT2D eigenvalue weighted by Gasteiger charge is -2.34. The van der Waals surface area contributed by atoms with Crippen LogP contribution in [0.4, 0.5) is 10.5 Å². The molecule has 2 aromatic rings. The van der Waals surface area contributed by atoms with E-state index in [0.717, 1.165) is 5.56 Å². The van der Waals surface area contributed by atoms with Gasteiger partial charge in [0.15, 0.2) is 0 Å². The molecule has 3 amide bonds. The Kier molecular flexibility index (Phi) is 8.19. The van der Waals surface area contributed by atoms with E-state index in [1.807, 2.05) is 19.9 Å². The summed E-state index contributed by atoms with van der Waals surface area (Å²) in [5.41, 5.74) is 0.727. The Morgan fingerprint density at radius 1 is 1.14 bits per heavy atom. The maximum Gasteiger partial charge on any atom is 0.408 e. The number of para-hydroxylation sites is 2. The van der Waals surface area contributed by atoms with Crippen LogP contribution < -0.4 is 10.6 Å². The lowest BCUT2D eigenvalue weighted by atomic mass is 10.0. The normalized spacial score (nSPS) is 18.5. The molecule has 3 N–H and O–H groups in total. The van der Waals surface area contributed by atoms with Crippen molar-refractivity contribution in [2.75, 3.05) is 5.32 Å². The Morgan fingerprint density at radius 3 is 2.33 bits per heavy atom. The van der Waals surface area contributed by atoms with Crippen LogP contribution in [0.1, 0.15) is 58.2 Å². The largest absolute Gasteiger partial charge is 0.508 e. The van der Waals surface area contributed by atoms with Gasteiger partial charge in [-0.15, -0.1) is 0 Å². The third kappa shape index (κ3) is 6.49. The predicted molar refractivity (Wildman–Crippen MR) is 139 cm³/mol. The molecule has 4 unspecified atom stereocenters. The van der Waals surface area contributed by atoms with E-state index in [0.29, 0.717) is 17.1 Å². The van der Waals surface area contributed by atoms with Gasteiger partial charge < -0.3 is 25.4 Å². The number of anilines is 1. The smallest absolute Gasteiger partial charge is 0.408 e. The van der Waals surface area contributed by atoms with Crippen LogP contribution in [0.2, 0.25) is 5.02 Å². The first-order valence-corrected chi connectivity index (χ1v) is 12.3. The molecule has 1 saturated carbocycles. The van der Waals surface area contributed by atoms with Gasteiger partial charge in [-0.1, -0.05) is 48.9 Å². The van der Waals surface area contributed by atoms with Gasteiger partial charge in [0.05, 0.1) is 10.7 Å². The average molecular weight is 516 g/mol. The number of hydrogen-bond acceptors (Lipinski definition) is 5. The minimum atomic E-state index is -1.16. The summed E-state index contributed by atoms with van der Waals surface area (Å²) in [6.07, 6.45) is -0.0460.